The van der Waals surface area contributed by atoms with Crippen molar-refractivity contribution in [3.05, 3.63) is 52.3 Å². The number of benzene rings is 2. The molecular formula is C22H22ClFN4O3. The van der Waals surface area contributed by atoms with E-state index in [0.29, 0.717) is 16.5 Å². The van der Waals surface area contributed by atoms with Crippen LogP contribution in [0, 0.1) is 17.1 Å². The van der Waals surface area contributed by atoms with Gasteiger partial charge < -0.3 is 20.3 Å². The van der Waals surface area contributed by atoms with Crippen LogP contribution in [0.1, 0.15) is 38.8 Å². The molecule has 7 nitrogen and oxygen atoms in total. The van der Waals surface area contributed by atoms with E-state index in [1.54, 1.807) is 6.92 Å². The molecule has 0 unspecified atom stereocenters. The smallest absolute Gasteiger partial charge is 0.319 e. The van der Waals surface area contributed by atoms with Crippen LogP contribution in [-0.2, 0) is 11.3 Å². The van der Waals surface area contributed by atoms with Gasteiger partial charge in [-0.2, -0.15) is 5.26 Å². The van der Waals surface area contributed by atoms with E-state index in [9.17, 15) is 19.2 Å². The number of ether oxygens (including phenoxy) is 1. The number of anilines is 2. The topological polar surface area (TPSA) is 94.5 Å². The molecule has 0 radical (unpaired) electrons. The quantitative estimate of drug-likeness (QED) is 0.724. The van der Waals surface area contributed by atoms with Gasteiger partial charge in [0.25, 0.3) is 5.91 Å². The van der Waals surface area contributed by atoms with E-state index in [1.807, 2.05) is 26.8 Å². The number of nitrogens with zero attached hydrogens (tertiary/aromatic N) is 2. The number of hydrogen-bond acceptors (Lipinski definition) is 4. The van der Waals surface area contributed by atoms with Gasteiger partial charge in [0.1, 0.15) is 17.6 Å². The number of carbonyl (C=O) groups excluding carboxylic acids is 2. The number of nitriles is 1. The van der Waals surface area contributed by atoms with E-state index >= 15 is 0 Å². The van der Waals surface area contributed by atoms with Crippen molar-refractivity contribution in [1.29, 1.82) is 5.26 Å². The van der Waals surface area contributed by atoms with Gasteiger partial charge in [-0.05, 0) is 52.0 Å². The van der Waals surface area contributed by atoms with E-state index in [2.05, 4.69) is 10.6 Å². The summed E-state index contributed by atoms with van der Waals surface area (Å²) in [6.07, 6.45) is -0.834. The third-order valence-corrected chi connectivity index (χ3v) is 4.74. The van der Waals surface area contributed by atoms with Crippen molar-refractivity contribution in [1.82, 2.24) is 5.32 Å². The Labute approximate surface area is 184 Å². The third-order valence-electron chi connectivity index (χ3n) is 4.50. The van der Waals surface area contributed by atoms with Crippen molar-refractivity contribution in [3.8, 4) is 11.8 Å². The fourth-order valence-electron chi connectivity index (χ4n) is 3.14. The highest BCUT2D eigenvalue weighted by atomic mass is 35.5. The molecule has 3 amide bonds. The summed E-state index contributed by atoms with van der Waals surface area (Å²) < 4.78 is 20.0. The summed E-state index contributed by atoms with van der Waals surface area (Å²) in [6, 6.07) is 8.55. The molecule has 0 saturated carbocycles. The molecule has 0 aromatic heterocycles. The average Bonchev–Trinajstić information content (AvgIpc) is 2.66. The van der Waals surface area contributed by atoms with Gasteiger partial charge in [-0.3, -0.25) is 4.79 Å². The molecule has 0 spiro atoms. The molecular weight excluding hydrogens is 423 g/mol. The summed E-state index contributed by atoms with van der Waals surface area (Å²) in [6.45, 7) is 6.97. The van der Waals surface area contributed by atoms with Crippen LogP contribution in [0.3, 0.4) is 0 Å². The zero-order valence-electron chi connectivity index (χ0n) is 17.5. The van der Waals surface area contributed by atoms with E-state index < -0.39 is 23.5 Å². The van der Waals surface area contributed by atoms with Crippen LogP contribution < -0.4 is 20.3 Å². The van der Waals surface area contributed by atoms with Crippen LogP contribution in [-0.4, -0.2) is 23.6 Å². The first-order valence-corrected chi connectivity index (χ1v) is 9.95. The molecule has 0 saturated heterocycles. The minimum Gasteiger partial charge on any atom is -0.479 e. The third kappa shape index (κ3) is 5.06. The van der Waals surface area contributed by atoms with Crippen LogP contribution >= 0.6 is 11.6 Å². The van der Waals surface area contributed by atoms with Gasteiger partial charge in [0.2, 0.25) is 0 Å². The maximum absolute atomic E-state index is 14.3. The average molecular weight is 445 g/mol. The number of rotatable bonds is 3. The fraction of sp³-hybridized carbons (Fsp3) is 0.318. The normalized spacial score (nSPS) is 15.6. The first-order valence-electron chi connectivity index (χ1n) is 9.58. The molecule has 0 bridgehead atoms. The number of halogens is 2. The molecule has 3 rings (SSSR count). The number of hydrogen-bond donors (Lipinski definition) is 2. The Hall–Kier alpha value is -3.31. The monoisotopic (exact) mass is 444 g/mol. The second kappa shape index (κ2) is 8.44. The molecule has 1 heterocycles. The molecule has 31 heavy (non-hydrogen) atoms. The molecule has 1 aliphatic heterocycles. The Balaban J connectivity index is 2.00. The van der Waals surface area contributed by atoms with Gasteiger partial charge in [0.15, 0.2) is 6.10 Å². The highest BCUT2D eigenvalue weighted by Gasteiger charge is 2.33. The van der Waals surface area contributed by atoms with Crippen molar-refractivity contribution in [2.45, 2.75) is 45.9 Å². The van der Waals surface area contributed by atoms with Crippen LogP contribution in [0.15, 0.2) is 30.3 Å². The summed E-state index contributed by atoms with van der Waals surface area (Å²) in [5.74, 6) is -0.600. The Kier molecular flexibility index (Phi) is 6.09. The molecule has 2 N–H and O–H groups in total. The lowest BCUT2D eigenvalue weighted by molar-refractivity contribution is -0.125. The summed E-state index contributed by atoms with van der Waals surface area (Å²) in [4.78, 5) is 26.4. The minimum absolute atomic E-state index is 0.0892. The lowest BCUT2D eigenvalue weighted by atomic mass is 10.1. The Morgan fingerprint density at radius 2 is 2.03 bits per heavy atom. The van der Waals surface area contributed by atoms with Gasteiger partial charge in [0, 0.05) is 22.2 Å². The Bertz CT molecular complexity index is 1090. The lowest BCUT2D eigenvalue weighted by Gasteiger charge is -2.33. The maximum atomic E-state index is 14.3. The minimum atomic E-state index is -0.834. The highest BCUT2D eigenvalue weighted by molar-refractivity contribution is 6.30. The molecule has 1 atom stereocenters. The van der Waals surface area contributed by atoms with Crippen LogP contribution in [0.25, 0.3) is 0 Å². The van der Waals surface area contributed by atoms with E-state index in [-0.39, 0.29) is 29.3 Å². The van der Waals surface area contributed by atoms with Gasteiger partial charge >= 0.3 is 6.03 Å². The molecule has 0 aliphatic carbocycles. The second-order valence-electron chi connectivity index (χ2n) is 8.23. The summed E-state index contributed by atoms with van der Waals surface area (Å²) in [5, 5.41) is 15.3. The van der Waals surface area contributed by atoms with Crippen molar-refractivity contribution < 1.29 is 18.7 Å². The van der Waals surface area contributed by atoms with Gasteiger partial charge in [-0.1, -0.05) is 11.6 Å². The van der Waals surface area contributed by atoms with Crippen molar-refractivity contribution in [3.63, 3.8) is 0 Å². The fourth-order valence-corrected chi connectivity index (χ4v) is 3.34. The first kappa shape index (κ1) is 22.4. The van der Waals surface area contributed by atoms with Gasteiger partial charge in [-0.15, -0.1) is 0 Å². The number of nitrogens with one attached hydrogen (secondary N) is 2. The SMILES string of the molecule is C[C@H]1Oc2cc(NC(=O)NC(C)(C)C)c(C#N)cc2N(Cc2cc(Cl)ccc2F)C1=O. The summed E-state index contributed by atoms with van der Waals surface area (Å²) in [7, 11) is 0. The van der Waals surface area contributed by atoms with Gasteiger partial charge in [-0.25, -0.2) is 9.18 Å². The van der Waals surface area contributed by atoms with E-state index in [4.69, 9.17) is 16.3 Å². The zero-order valence-corrected chi connectivity index (χ0v) is 18.3. The second-order valence-corrected chi connectivity index (χ2v) is 8.66. The van der Waals surface area contributed by atoms with Crippen LogP contribution in [0.4, 0.5) is 20.6 Å². The van der Waals surface area contributed by atoms with Crippen molar-refractivity contribution in [2.75, 3.05) is 10.2 Å². The van der Waals surface area contributed by atoms with E-state index in [0.717, 1.165) is 0 Å². The molecule has 0 fully saturated rings. The molecule has 2 aromatic carbocycles. The summed E-state index contributed by atoms with van der Waals surface area (Å²) in [5.41, 5.74) is 0.427. The van der Waals surface area contributed by atoms with Crippen LogP contribution in [0.5, 0.6) is 5.75 Å². The molecule has 2 aromatic rings. The number of fused-ring (bicyclic) bond motifs is 1. The predicted molar refractivity (Wildman–Crippen MR) is 116 cm³/mol. The number of urea groups is 1. The predicted octanol–water partition coefficient (Wildman–Crippen LogP) is 4.58. The number of carbonyl (C=O) groups is 2. The standard InChI is InChI=1S/C22H22ClFN4O3/c1-12-20(29)28(11-14-7-15(23)5-6-16(14)24)18-8-13(10-25)17(9-19(18)31-12)26-21(30)27-22(2,3)4/h5-9,12H,11H2,1-4H3,(H2,26,27,30)/t12-/m1/s1. The molecule has 162 valence electrons. The zero-order chi connectivity index (χ0) is 22.9. The summed E-state index contributed by atoms with van der Waals surface area (Å²) >= 11 is 5.98. The highest BCUT2D eigenvalue weighted by Crippen LogP contribution is 2.39. The first-order chi connectivity index (χ1) is 14.5. The lowest BCUT2D eigenvalue weighted by Crippen LogP contribution is -2.44. The molecule has 1 aliphatic rings. The van der Waals surface area contributed by atoms with Crippen molar-refractivity contribution in [2.24, 2.45) is 0 Å². The number of amides is 3. The van der Waals surface area contributed by atoms with E-state index in [1.165, 1.54) is 35.2 Å². The Morgan fingerprint density at radius 3 is 2.68 bits per heavy atom. The Morgan fingerprint density at radius 1 is 1.32 bits per heavy atom. The van der Waals surface area contributed by atoms with Crippen LogP contribution in [0.2, 0.25) is 5.02 Å². The largest absolute Gasteiger partial charge is 0.479 e. The maximum Gasteiger partial charge on any atom is 0.319 e. The molecule has 9 heteroatoms. The van der Waals surface area contributed by atoms with Crippen molar-refractivity contribution >= 4 is 34.9 Å². The van der Waals surface area contributed by atoms with Gasteiger partial charge in [0.05, 0.1) is 23.5 Å².